The molecule has 1 atom stereocenters. The minimum atomic E-state index is -2.51. The van der Waals surface area contributed by atoms with E-state index in [4.69, 9.17) is 11.6 Å². The van der Waals surface area contributed by atoms with Crippen LogP contribution in [0.3, 0.4) is 0 Å². The van der Waals surface area contributed by atoms with Gasteiger partial charge in [0.1, 0.15) is 11.9 Å². The molecule has 2 aliphatic rings. The van der Waals surface area contributed by atoms with Gasteiger partial charge in [-0.25, -0.2) is 13.5 Å². The molecule has 8 heteroatoms. The van der Waals surface area contributed by atoms with Gasteiger partial charge >= 0.3 is 0 Å². The number of benzene rings is 1. The van der Waals surface area contributed by atoms with E-state index in [2.05, 4.69) is 20.3 Å². The van der Waals surface area contributed by atoms with Crippen LogP contribution in [0.4, 0.5) is 14.6 Å². The van der Waals surface area contributed by atoms with Gasteiger partial charge in [-0.1, -0.05) is 29.8 Å². The van der Waals surface area contributed by atoms with Crippen molar-refractivity contribution >= 4 is 23.8 Å². The first-order chi connectivity index (χ1) is 12.5. The Hall–Kier alpha value is -1.99. The van der Waals surface area contributed by atoms with Crippen molar-refractivity contribution in [3.05, 3.63) is 46.6 Å². The molecule has 2 aliphatic heterocycles. The molecule has 138 valence electrons. The zero-order valence-corrected chi connectivity index (χ0v) is 15.0. The second-order valence-electron chi connectivity index (χ2n) is 6.72. The van der Waals surface area contributed by atoms with Crippen molar-refractivity contribution < 1.29 is 8.78 Å². The van der Waals surface area contributed by atoms with Crippen molar-refractivity contribution in [3.63, 3.8) is 0 Å². The minimum absolute atomic E-state index is 0.0658. The van der Waals surface area contributed by atoms with E-state index in [1.807, 2.05) is 28.9 Å². The topological polar surface area (TPSA) is 45.5 Å². The predicted octanol–water partition coefficient (Wildman–Crippen LogP) is 3.81. The number of halogens is 3. The smallest absolute Gasteiger partial charge is 0.250 e. The molecule has 0 amide bonds. The fourth-order valence-corrected chi connectivity index (χ4v) is 3.70. The molecule has 1 saturated heterocycles. The lowest BCUT2D eigenvalue weighted by Crippen LogP contribution is -2.40. The number of aliphatic imine (C=N–C) groups is 1. The maximum atomic E-state index is 13.3. The third kappa shape index (κ3) is 3.46. The lowest BCUT2D eigenvalue weighted by Gasteiger charge is -2.31. The molecule has 1 aromatic carbocycles. The number of anilines is 1. The molecular weight excluding hydrogens is 360 g/mol. The molecule has 0 saturated carbocycles. The highest BCUT2D eigenvalue weighted by molar-refractivity contribution is 6.31. The van der Waals surface area contributed by atoms with Crippen LogP contribution in [0.15, 0.2) is 35.5 Å². The van der Waals surface area contributed by atoms with Crippen LogP contribution in [0.1, 0.15) is 30.0 Å². The summed E-state index contributed by atoms with van der Waals surface area (Å²) in [4.78, 5) is 6.58. The van der Waals surface area contributed by atoms with Gasteiger partial charge < -0.3 is 10.2 Å². The summed E-state index contributed by atoms with van der Waals surface area (Å²) in [6, 6.07) is 7.45. The molecule has 3 heterocycles. The van der Waals surface area contributed by atoms with Crippen LogP contribution in [-0.4, -0.2) is 46.6 Å². The summed E-state index contributed by atoms with van der Waals surface area (Å²) < 4.78 is 28.4. The first kappa shape index (κ1) is 17.4. The fraction of sp³-hybridized carbons (Fsp3) is 0.444. The molecule has 1 fully saturated rings. The first-order valence-corrected chi connectivity index (χ1v) is 9.10. The number of aromatic nitrogens is 2. The fourth-order valence-electron chi connectivity index (χ4n) is 3.47. The summed E-state index contributed by atoms with van der Waals surface area (Å²) >= 11 is 6.33. The Morgan fingerprint density at radius 3 is 2.69 bits per heavy atom. The van der Waals surface area contributed by atoms with Gasteiger partial charge in [0.2, 0.25) is 0 Å². The van der Waals surface area contributed by atoms with Crippen molar-refractivity contribution in [1.82, 2.24) is 14.7 Å². The van der Waals surface area contributed by atoms with Crippen molar-refractivity contribution in [1.29, 1.82) is 0 Å². The van der Waals surface area contributed by atoms with Crippen LogP contribution in [0.5, 0.6) is 0 Å². The molecule has 0 radical (unpaired) electrons. The Balaban J connectivity index is 1.47. The quantitative estimate of drug-likeness (QED) is 0.878. The van der Waals surface area contributed by atoms with E-state index < -0.39 is 5.92 Å². The zero-order valence-electron chi connectivity index (χ0n) is 14.2. The number of rotatable bonds is 4. The number of likely N-dealkylation sites (tertiary alicyclic amines) is 1. The second-order valence-corrected chi connectivity index (χ2v) is 7.12. The van der Waals surface area contributed by atoms with E-state index >= 15 is 0 Å². The highest BCUT2D eigenvalue weighted by atomic mass is 35.5. The van der Waals surface area contributed by atoms with Gasteiger partial charge in [-0.05, 0) is 11.6 Å². The van der Waals surface area contributed by atoms with Gasteiger partial charge in [-0.3, -0.25) is 4.99 Å². The summed E-state index contributed by atoms with van der Waals surface area (Å²) in [5, 5.41) is 8.30. The Bertz CT molecular complexity index is 810. The van der Waals surface area contributed by atoms with Gasteiger partial charge in [0.05, 0.1) is 19.1 Å². The summed E-state index contributed by atoms with van der Waals surface area (Å²) in [7, 11) is 0. The molecule has 0 aliphatic carbocycles. The van der Waals surface area contributed by atoms with Crippen molar-refractivity contribution in [2.45, 2.75) is 31.4 Å². The van der Waals surface area contributed by atoms with Crippen LogP contribution in [0.2, 0.25) is 5.02 Å². The molecule has 0 bridgehead atoms. The number of nitrogens with one attached hydrogen (secondary N) is 1. The van der Waals surface area contributed by atoms with Crippen molar-refractivity contribution in [3.8, 4) is 0 Å². The lowest BCUT2D eigenvalue weighted by atomic mass is 10.0. The Morgan fingerprint density at radius 2 is 1.92 bits per heavy atom. The molecule has 4 rings (SSSR count). The lowest BCUT2D eigenvalue weighted by molar-refractivity contribution is -0.0555. The van der Waals surface area contributed by atoms with Gasteiger partial charge in [-0.15, -0.1) is 0 Å². The third-order valence-corrected chi connectivity index (χ3v) is 5.35. The van der Waals surface area contributed by atoms with Crippen molar-refractivity contribution in [2.75, 3.05) is 25.0 Å². The zero-order chi connectivity index (χ0) is 18.1. The van der Waals surface area contributed by atoms with Crippen LogP contribution in [-0.2, 0) is 6.54 Å². The summed E-state index contributed by atoms with van der Waals surface area (Å²) in [5.41, 5.74) is 1.90. The Morgan fingerprint density at radius 1 is 1.15 bits per heavy atom. The maximum Gasteiger partial charge on any atom is 0.250 e. The number of fused-ring (bicyclic) bond motifs is 1. The highest BCUT2D eigenvalue weighted by Crippen LogP contribution is 2.36. The minimum Gasteiger partial charge on any atom is -0.331 e. The monoisotopic (exact) mass is 379 g/mol. The summed E-state index contributed by atoms with van der Waals surface area (Å²) in [6.45, 7) is 2.18. The van der Waals surface area contributed by atoms with E-state index in [1.54, 1.807) is 12.5 Å². The van der Waals surface area contributed by atoms with E-state index in [0.29, 0.717) is 31.2 Å². The second kappa shape index (κ2) is 6.96. The number of piperidine rings is 1. The highest BCUT2D eigenvalue weighted by Gasteiger charge is 2.34. The number of alkyl halides is 2. The van der Waals surface area contributed by atoms with Crippen molar-refractivity contribution in [2.24, 2.45) is 4.99 Å². The Kier molecular flexibility index (Phi) is 4.67. The van der Waals surface area contributed by atoms with Crippen LogP contribution in [0, 0.1) is 0 Å². The van der Waals surface area contributed by atoms with E-state index in [0.717, 1.165) is 16.9 Å². The molecular formula is C18H20ClF2N5. The average molecular weight is 380 g/mol. The predicted molar refractivity (Wildman–Crippen MR) is 98.3 cm³/mol. The molecule has 26 heavy (non-hydrogen) atoms. The van der Waals surface area contributed by atoms with Gasteiger partial charge in [-0.2, -0.15) is 5.10 Å². The van der Waals surface area contributed by atoms with E-state index in [-0.39, 0.29) is 18.9 Å². The number of hydrogen-bond donors (Lipinski definition) is 1. The Labute approximate surface area is 155 Å². The summed E-state index contributed by atoms with van der Waals surface area (Å²) in [5.74, 6) is -1.63. The first-order valence-electron chi connectivity index (χ1n) is 8.72. The summed E-state index contributed by atoms with van der Waals surface area (Å²) in [6.07, 6.45) is 3.33. The normalized spacial score (nSPS) is 22.0. The standard InChI is InChI=1S/C18H20ClF2N5/c19-15-4-2-1-3-13(15)16-14-11-24-26(17(14)23-12-22-16)10-9-25-7-5-18(20,21)6-8-25/h1-4,11-12,16H,5-10H2,(H,22,23). The molecule has 1 N–H and O–H groups in total. The SMILES string of the molecule is FC1(F)CCN(CCn2ncc3c2NC=NC3c2ccccc2Cl)CC1. The van der Waals surface area contributed by atoms with Gasteiger partial charge in [0.25, 0.3) is 5.92 Å². The maximum absolute atomic E-state index is 13.3. The third-order valence-electron chi connectivity index (χ3n) is 5.00. The van der Waals surface area contributed by atoms with Crippen LogP contribution in [0.25, 0.3) is 0 Å². The molecule has 1 aromatic heterocycles. The molecule has 1 unspecified atom stereocenters. The van der Waals surface area contributed by atoms with Gasteiger partial charge in [0.15, 0.2) is 0 Å². The van der Waals surface area contributed by atoms with Crippen LogP contribution >= 0.6 is 11.6 Å². The van der Waals surface area contributed by atoms with E-state index in [1.165, 1.54) is 0 Å². The van der Waals surface area contributed by atoms with Gasteiger partial charge in [0, 0.05) is 43.1 Å². The largest absolute Gasteiger partial charge is 0.331 e. The molecule has 0 spiro atoms. The number of hydrogen-bond acceptors (Lipinski definition) is 4. The number of nitrogens with zero attached hydrogens (tertiary/aromatic N) is 4. The van der Waals surface area contributed by atoms with E-state index in [9.17, 15) is 8.78 Å². The molecule has 5 nitrogen and oxygen atoms in total. The average Bonchev–Trinajstić information content (AvgIpc) is 3.05. The van der Waals surface area contributed by atoms with Crippen LogP contribution < -0.4 is 5.32 Å². The molecule has 2 aromatic rings.